The van der Waals surface area contributed by atoms with Crippen molar-refractivity contribution in [2.75, 3.05) is 20.8 Å². The zero-order valence-corrected chi connectivity index (χ0v) is 19.8. The summed E-state index contributed by atoms with van der Waals surface area (Å²) in [6.07, 6.45) is 0.924. The maximum absolute atomic E-state index is 6.48. The lowest BCUT2D eigenvalue weighted by Crippen LogP contribution is -2.16. The Morgan fingerprint density at radius 1 is 0.839 bits per heavy atom. The lowest BCUT2D eigenvalue weighted by molar-refractivity contribution is 0.284. The van der Waals surface area contributed by atoms with Crippen molar-refractivity contribution in [2.45, 2.75) is 19.6 Å². The van der Waals surface area contributed by atoms with Crippen LogP contribution in [0, 0.1) is 0 Å². The molecule has 0 unspecified atom stereocenters. The summed E-state index contributed by atoms with van der Waals surface area (Å²) in [5, 5.41) is 4.60. The Bertz CT molecular complexity index is 965. The molecule has 0 saturated heterocycles. The van der Waals surface area contributed by atoms with E-state index in [9.17, 15) is 0 Å². The van der Waals surface area contributed by atoms with E-state index >= 15 is 0 Å². The maximum atomic E-state index is 6.48. The van der Waals surface area contributed by atoms with Crippen molar-refractivity contribution in [3.8, 4) is 17.2 Å². The lowest BCUT2D eigenvalue weighted by atomic mass is 10.1. The van der Waals surface area contributed by atoms with E-state index in [1.54, 1.807) is 14.2 Å². The number of halogens is 3. The SMILES string of the molecule is COc1ccc(CCNCc2cc(Cl)c(OCc3ccccc3Cl)c(OC)c2)cc1.Cl. The highest BCUT2D eigenvalue weighted by molar-refractivity contribution is 6.32. The number of hydrogen-bond acceptors (Lipinski definition) is 4. The van der Waals surface area contributed by atoms with Crippen molar-refractivity contribution in [2.24, 2.45) is 0 Å². The van der Waals surface area contributed by atoms with Gasteiger partial charge in [-0.2, -0.15) is 0 Å². The van der Waals surface area contributed by atoms with Crippen molar-refractivity contribution in [1.29, 1.82) is 0 Å². The molecule has 0 saturated carbocycles. The molecule has 0 radical (unpaired) electrons. The third-order valence-corrected chi connectivity index (χ3v) is 5.35. The molecule has 0 bridgehead atoms. The van der Waals surface area contributed by atoms with Gasteiger partial charge in [0.05, 0.1) is 19.2 Å². The van der Waals surface area contributed by atoms with Gasteiger partial charge in [-0.3, -0.25) is 0 Å². The second-order valence-electron chi connectivity index (χ2n) is 6.76. The summed E-state index contributed by atoms with van der Waals surface area (Å²) >= 11 is 12.7. The first kappa shape index (κ1) is 25.2. The number of benzene rings is 3. The van der Waals surface area contributed by atoms with Gasteiger partial charge in [-0.05, 0) is 54.4 Å². The largest absolute Gasteiger partial charge is 0.497 e. The van der Waals surface area contributed by atoms with Crippen LogP contribution in [0.3, 0.4) is 0 Å². The number of methoxy groups -OCH3 is 2. The maximum Gasteiger partial charge on any atom is 0.180 e. The molecule has 0 aliphatic heterocycles. The number of rotatable bonds is 10. The quantitative estimate of drug-likeness (QED) is 0.342. The highest BCUT2D eigenvalue weighted by atomic mass is 35.5. The Morgan fingerprint density at radius 3 is 2.26 bits per heavy atom. The number of ether oxygens (including phenoxy) is 3. The summed E-state index contributed by atoms with van der Waals surface area (Å²) in [5.74, 6) is 1.98. The fraction of sp³-hybridized carbons (Fsp3) is 0.250. The molecule has 3 aromatic rings. The number of nitrogens with one attached hydrogen (secondary N) is 1. The van der Waals surface area contributed by atoms with Gasteiger partial charge in [-0.1, -0.05) is 53.5 Å². The summed E-state index contributed by atoms with van der Waals surface area (Å²) in [4.78, 5) is 0. The molecule has 3 rings (SSSR count). The van der Waals surface area contributed by atoms with Crippen molar-refractivity contribution in [3.05, 3.63) is 87.4 Å². The Kier molecular flexibility index (Phi) is 10.3. The Hall–Kier alpha value is -2.11. The highest BCUT2D eigenvalue weighted by Crippen LogP contribution is 2.37. The fourth-order valence-electron chi connectivity index (χ4n) is 3.04. The van der Waals surface area contributed by atoms with Crippen molar-refractivity contribution >= 4 is 35.6 Å². The molecule has 3 aromatic carbocycles. The summed E-state index contributed by atoms with van der Waals surface area (Å²) in [6.45, 7) is 1.84. The van der Waals surface area contributed by atoms with E-state index < -0.39 is 0 Å². The minimum atomic E-state index is 0. The van der Waals surface area contributed by atoms with E-state index in [1.165, 1.54) is 5.56 Å². The van der Waals surface area contributed by atoms with Crippen LogP contribution in [-0.2, 0) is 19.6 Å². The van der Waals surface area contributed by atoms with Crippen LogP contribution in [0.15, 0.2) is 60.7 Å². The Morgan fingerprint density at radius 2 is 1.58 bits per heavy atom. The summed E-state index contributed by atoms with van der Waals surface area (Å²) in [7, 11) is 3.28. The second-order valence-corrected chi connectivity index (χ2v) is 7.58. The molecule has 0 fully saturated rings. The van der Waals surface area contributed by atoms with E-state index in [0.29, 0.717) is 34.7 Å². The first-order valence-corrected chi connectivity index (χ1v) is 10.4. The van der Waals surface area contributed by atoms with Gasteiger partial charge in [0.1, 0.15) is 12.4 Å². The molecule has 1 N–H and O–H groups in total. The van der Waals surface area contributed by atoms with E-state index in [-0.39, 0.29) is 12.4 Å². The normalized spacial score (nSPS) is 10.3. The van der Waals surface area contributed by atoms with E-state index in [4.69, 9.17) is 37.4 Å². The molecule has 0 aromatic heterocycles. The summed E-state index contributed by atoms with van der Waals surface area (Å²) in [6, 6.07) is 19.5. The molecule has 4 nitrogen and oxygen atoms in total. The average Bonchev–Trinajstić information content (AvgIpc) is 2.77. The Labute approximate surface area is 199 Å². The van der Waals surface area contributed by atoms with Gasteiger partial charge in [0.2, 0.25) is 0 Å². The molecule has 31 heavy (non-hydrogen) atoms. The van der Waals surface area contributed by atoms with Crippen LogP contribution < -0.4 is 19.5 Å². The minimum absolute atomic E-state index is 0. The van der Waals surface area contributed by atoms with E-state index in [1.807, 2.05) is 48.5 Å². The molecule has 7 heteroatoms. The molecule has 0 aliphatic rings. The van der Waals surface area contributed by atoms with Crippen LogP contribution in [0.2, 0.25) is 10.0 Å². The van der Waals surface area contributed by atoms with Gasteiger partial charge < -0.3 is 19.5 Å². The molecule has 166 valence electrons. The van der Waals surface area contributed by atoms with Crippen molar-refractivity contribution in [3.63, 3.8) is 0 Å². The molecule has 0 aliphatic carbocycles. The number of hydrogen-bond donors (Lipinski definition) is 1. The van der Waals surface area contributed by atoms with Crippen LogP contribution in [-0.4, -0.2) is 20.8 Å². The van der Waals surface area contributed by atoms with Gasteiger partial charge in [0, 0.05) is 17.1 Å². The first-order chi connectivity index (χ1) is 14.6. The molecule has 0 heterocycles. The molecule has 0 spiro atoms. The topological polar surface area (TPSA) is 39.7 Å². The monoisotopic (exact) mass is 481 g/mol. The third-order valence-electron chi connectivity index (χ3n) is 4.70. The predicted octanol–water partition coefficient (Wildman–Crippen LogP) is 6.34. The summed E-state index contributed by atoms with van der Waals surface area (Å²) in [5.41, 5.74) is 3.17. The fourth-order valence-corrected chi connectivity index (χ4v) is 3.52. The zero-order valence-electron chi connectivity index (χ0n) is 17.5. The van der Waals surface area contributed by atoms with Gasteiger partial charge in [-0.15, -0.1) is 12.4 Å². The lowest BCUT2D eigenvalue weighted by Gasteiger charge is -2.15. The van der Waals surface area contributed by atoms with Gasteiger partial charge >= 0.3 is 0 Å². The van der Waals surface area contributed by atoms with Crippen molar-refractivity contribution < 1.29 is 14.2 Å². The van der Waals surface area contributed by atoms with Gasteiger partial charge in [-0.25, -0.2) is 0 Å². The zero-order chi connectivity index (χ0) is 21.3. The van der Waals surface area contributed by atoms with Crippen LogP contribution in [0.25, 0.3) is 0 Å². The standard InChI is InChI=1S/C24H25Cl2NO3.ClH/c1-28-20-9-7-17(8-10-20)11-12-27-15-18-13-22(26)24(23(14-18)29-2)30-16-19-5-3-4-6-21(19)25;/h3-10,13-14,27H,11-12,15-16H2,1-2H3;1H. The van der Waals surface area contributed by atoms with E-state index in [2.05, 4.69) is 17.4 Å². The van der Waals surface area contributed by atoms with E-state index in [0.717, 1.165) is 29.8 Å². The van der Waals surface area contributed by atoms with Crippen LogP contribution in [0.5, 0.6) is 17.2 Å². The van der Waals surface area contributed by atoms with Crippen LogP contribution in [0.1, 0.15) is 16.7 Å². The van der Waals surface area contributed by atoms with Gasteiger partial charge in [0.15, 0.2) is 11.5 Å². The van der Waals surface area contributed by atoms with Crippen LogP contribution in [0.4, 0.5) is 0 Å². The molecular formula is C24H26Cl3NO3. The third kappa shape index (κ3) is 7.22. The molecule has 0 amide bonds. The molecule has 0 atom stereocenters. The average molecular weight is 483 g/mol. The van der Waals surface area contributed by atoms with Crippen LogP contribution >= 0.6 is 35.6 Å². The van der Waals surface area contributed by atoms with Crippen molar-refractivity contribution in [1.82, 2.24) is 5.32 Å². The van der Waals surface area contributed by atoms with Gasteiger partial charge in [0.25, 0.3) is 0 Å². The highest BCUT2D eigenvalue weighted by Gasteiger charge is 2.13. The minimum Gasteiger partial charge on any atom is -0.497 e. The Balaban J connectivity index is 0.00000341. The smallest absolute Gasteiger partial charge is 0.180 e. The summed E-state index contributed by atoms with van der Waals surface area (Å²) < 4.78 is 16.6. The second kappa shape index (κ2) is 12.7. The molecular weight excluding hydrogens is 457 g/mol. The predicted molar refractivity (Wildman–Crippen MR) is 129 cm³/mol. The first-order valence-electron chi connectivity index (χ1n) is 9.67.